The van der Waals surface area contributed by atoms with E-state index < -0.39 is 5.91 Å². The zero-order chi connectivity index (χ0) is 22.9. The predicted octanol–water partition coefficient (Wildman–Crippen LogP) is 5.72. The lowest BCUT2D eigenvalue weighted by Crippen LogP contribution is -2.35. The van der Waals surface area contributed by atoms with E-state index in [0.717, 1.165) is 11.1 Å². The van der Waals surface area contributed by atoms with Gasteiger partial charge in [-0.15, -0.1) is 0 Å². The van der Waals surface area contributed by atoms with Crippen LogP contribution in [0.25, 0.3) is 6.08 Å². The van der Waals surface area contributed by atoms with Crippen LogP contribution < -0.4 is 10.6 Å². The lowest BCUT2D eigenvalue weighted by Gasteiger charge is -2.11. The first-order valence-electron chi connectivity index (χ1n) is 9.86. The lowest BCUT2D eigenvalue weighted by atomic mass is 10.1. The van der Waals surface area contributed by atoms with E-state index in [-0.39, 0.29) is 11.6 Å². The highest BCUT2D eigenvalue weighted by molar-refractivity contribution is 7.98. The van der Waals surface area contributed by atoms with Crippen LogP contribution in [0.5, 0.6) is 0 Å². The SMILES string of the molecule is Cc1ccc(C(=O)N/C(=C\c2ccco2)C(=O)NCCSCc2c(Cl)cccc2Cl)cc1. The molecule has 5 nitrogen and oxygen atoms in total. The summed E-state index contributed by atoms with van der Waals surface area (Å²) in [5.41, 5.74) is 2.47. The summed E-state index contributed by atoms with van der Waals surface area (Å²) in [6.45, 7) is 2.34. The molecule has 0 saturated heterocycles. The second-order valence-corrected chi connectivity index (χ2v) is 8.82. The van der Waals surface area contributed by atoms with Crippen LogP contribution in [0.2, 0.25) is 10.0 Å². The van der Waals surface area contributed by atoms with Crippen LogP contribution in [-0.4, -0.2) is 24.1 Å². The highest BCUT2D eigenvalue weighted by atomic mass is 35.5. The second-order valence-electron chi connectivity index (χ2n) is 6.90. The molecule has 8 heteroatoms. The molecular formula is C24H22Cl2N2O3S. The van der Waals surface area contributed by atoms with Gasteiger partial charge in [-0.05, 0) is 48.9 Å². The Balaban J connectivity index is 1.58. The molecule has 0 unspecified atom stereocenters. The third-order valence-corrected chi connectivity index (χ3v) is 6.17. The molecule has 0 bridgehead atoms. The minimum absolute atomic E-state index is 0.102. The zero-order valence-electron chi connectivity index (χ0n) is 17.4. The van der Waals surface area contributed by atoms with Crippen molar-refractivity contribution in [2.24, 2.45) is 0 Å². The number of aryl methyl sites for hydroxylation is 1. The third-order valence-electron chi connectivity index (χ3n) is 4.48. The van der Waals surface area contributed by atoms with Gasteiger partial charge in [-0.1, -0.05) is 47.0 Å². The van der Waals surface area contributed by atoms with Crippen molar-refractivity contribution in [1.82, 2.24) is 10.6 Å². The Kier molecular flexibility index (Phi) is 8.85. The van der Waals surface area contributed by atoms with E-state index in [1.807, 2.05) is 19.1 Å². The maximum atomic E-state index is 12.7. The van der Waals surface area contributed by atoms with Gasteiger partial charge in [0, 0.05) is 39.7 Å². The number of amides is 2. The number of rotatable bonds is 9. The van der Waals surface area contributed by atoms with Gasteiger partial charge in [0.2, 0.25) is 0 Å². The molecule has 0 saturated carbocycles. The molecule has 2 aromatic carbocycles. The van der Waals surface area contributed by atoms with Gasteiger partial charge in [0.1, 0.15) is 11.5 Å². The molecular weight excluding hydrogens is 467 g/mol. The Hall–Kier alpha value is -2.67. The van der Waals surface area contributed by atoms with Crippen molar-refractivity contribution in [3.63, 3.8) is 0 Å². The van der Waals surface area contributed by atoms with E-state index in [9.17, 15) is 9.59 Å². The smallest absolute Gasteiger partial charge is 0.267 e. The summed E-state index contributed by atoms with van der Waals surface area (Å²) in [5, 5.41) is 6.75. The van der Waals surface area contributed by atoms with Crippen molar-refractivity contribution in [3.05, 3.63) is 99.1 Å². The van der Waals surface area contributed by atoms with Crippen molar-refractivity contribution in [2.75, 3.05) is 12.3 Å². The van der Waals surface area contributed by atoms with E-state index in [2.05, 4.69) is 10.6 Å². The van der Waals surface area contributed by atoms with Gasteiger partial charge in [-0.2, -0.15) is 11.8 Å². The first-order valence-corrected chi connectivity index (χ1v) is 11.8. The molecule has 3 aromatic rings. The zero-order valence-corrected chi connectivity index (χ0v) is 19.7. The highest BCUT2D eigenvalue weighted by Gasteiger charge is 2.15. The number of hydrogen-bond donors (Lipinski definition) is 2. The van der Waals surface area contributed by atoms with Gasteiger partial charge in [0.25, 0.3) is 11.8 Å². The predicted molar refractivity (Wildman–Crippen MR) is 131 cm³/mol. The van der Waals surface area contributed by atoms with Crippen LogP contribution in [0.15, 0.2) is 71.0 Å². The average Bonchev–Trinajstić information content (AvgIpc) is 3.28. The van der Waals surface area contributed by atoms with Gasteiger partial charge in [-0.25, -0.2) is 0 Å². The van der Waals surface area contributed by atoms with Crippen molar-refractivity contribution < 1.29 is 14.0 Å². The van der Waals surface area contributed by atoms with Crippen LogP contribution in [-0.2, 0) is 10.5 Å². The normalized spacial score (nSPS) is 11.3. The fraction of sp³-hybridized carbons (Fsp3) is 0.167. The molecule has 0 fully saturated rings. The van der Waals surface area contributed by atoms with Gasteiger partial charge < -0.3 is 15.1 Å². The van der Waals surface area contributed by atoms with Crippen molar-refractivity contribution >= 4 is 52.9 Å². The van der Waals surface area contributed by atoms with Crippen molar-refractivity contribution in [3.8, 4) is 0 Å². The Morgan fingerprint density at radius 2 is 1.75 bits per heavy atom. The fourth-order valence-electron chi connectivity index (χ4n) is 2.75. The quantitative estimate of drug-likeness (QED) is 0.298. The maximum Gasteiger partial charge on any atom is 0.267 e. The summed E-state index contributed by atoms with van der Waals surface area (Å²) in [4.78, 5) is 25.3. The number of carbonyl (C=O) groups excluding carboxylic acids is 2. The summed E-state index contributed by atoms with van der Waals surface area (Å²) in [6.07, 6.45) is 3.00. The van der Waals surface area contributed by atoms with Crippen molar-refractivity contribution in [1.29, 1.82) is 0 Å². The number of nitrogens with one attached hydrogen (secondary N) is 2. The topological polar surface area (TPSA) is 71.3 Å². The summed E-state index contributed by atoms with van der Waals surface area (Å²) in [7, 11) is 0. The van der Waals surface area contributed by atoms with Gasteiger partial charge in [0.15, 0.2) is 0 Å². The number of hydrogen-bond acceptors (Lipinski definition) is 4. The molecule has 0 atom stereocenters. The molecule has 1 aromatic heterocycles. The standard InChI is InChI=1S/C24H22Cl2N2O3S/c1-16-7-9-17(10-8-16)23(29)28-22(14-18-4-3-12-31-18)24(30)27-11-13-32-15-19-20(25)5-2-6-21(19)26/h2-10,12,14H,11,13,15H2,1H3,(H,27,30)(H,28,29)/b22-14-. The average molecular weight is 489 g/mol. The first kappa shape index (κ1) is 24.0. The summed E-state index contributed by atoms with van der Waals surface area (Å²) in [5.74, 6) is 0.960. The number of furan rings is 1. The minimum atomic E-state index is -0.404. The number of halogens is 2. The molecule has 2 amide bonds. The molecule has 0 aliphatic carbocycles. The van der Waals surface area contributed by atoms with E-state index in [1.54, 1.807) is 54.2 Å². The molecule has 32 heavy (non-hydrogen) atoms. The Morgan fingerprint density at radius 3 is 2.41 bits per heavy atom. The maximum absolute atomic E-state index is 12.7. The second kappa shape index (κ2) is 11.8. The van der Waals surface area contributed by atoms with E-state index in [1.165, 1.54) is 12.3 Å². The molecule has 0 aliphatic rings. The monoisotopic (exact) mass is 488 g/mol. The number of thioether (sulfide) groups is 1. The van der Waals surface area contributed by atoms with E-state index >= 15 is 0 Å². The largest absolute Gasteiger partial charge is 0.465 e. The highest BCUT2D eigenvalue weighted by Crippen LogP contribution is 2.28. The molecule has 0 aliphatic heterocycles. The van der Waals surface area contributed by atoms with E-state index in [0.29, 0.717) is 39.4 Å². The van der Waals surface area contributed by atoms with Crippen LogP contribution in [0.4, 0.5) is 0 Å². The minimum Gasteiger partial charge on any atom is -0.465 e. The van der Waals surface area contributed by atoms with Crippen LogP contribution in [0, 0.1) is 6.92 Å². The Morgan fingerprint density at radius 1 is 1.03 bits per heavy atom. The van der Waals surface area contributed by atoms with Gasteiger partial charge in [0.05, 0.1) is 6.26 Å². The fourth-order valence-corrected chi connectivity index (χ4v) is 4.35. The molecule has 0 radical (unpaired) electrons. The van der Waals surface area contributed by atoms with Crippen molar-refractivity contribution in [2.45, 2.75) is 12.7 Å². The Labute approximate surface area is 201 Å². The number of benzene rings is 2. The van der Waals surface area contributed by atoms with E-state index in [4.69, 9.17) is 27.6 Å². The lowest BCUT2D eigenvalue weighted by molar-refractivity contribution is -0.117. The Bertz CT molecular complexity index is 1080. The summed E-state index contributed by atoms with van der Waals surface area (Å²) in [6, 6.07) is 15.9. The molecule has 3 rings (SSSR count). The molecule has 2 N–H and O–H groups in total. The molecule has 1 heterocycles. The first-order chi connectivity index (χ1) is 15.4. The van der Waals surface area contributed by atoms with Gasteiger partial charge in [-0.3, -0.25) is 9.59 Å². The van der Waals surface area contributed by atoms with Crippen LogP contribution in [0.1, 0.15) is 27.2 Å². The molecule has 166 valence electrons. The van der Waals surface area contributed by atoms with Crippen LogP contribution >= 0.6 is 35.0 Å². The van der Waals surface area contributed by atoms with Crippen LogP contribution in [0.3, 0.4) is 0 Å². The number of carbonyl (C=O) groups is 2. The van der Waals surface area contributed by atoms with Gasteiger partial charge >= 0.3 is 0 Å². The third kappa shape index (κ3) is 6.92. The summed E-state index contributed by atoms with van der Waals surface area (Å²) < 4.78 is 5.29. The molecule has 0 spiro atoms. The summed E-state index contributed by atoms with van der Waals surface area (Å²) >= 11 is 14.0.